The molecule has 3 aliphatic heterocycles. The number of H-pyrrole nitrogens is 1. The van der Waals surface area contributed by atoms with Crippen LogP contribution in [0.1, 0.15) is 56.5 Å². The van der Waals surface area contributed by atoms with Gasteiger partial charge in [-0.2, -0.15) is 0 Å². The van der Waals surface area contributed by atoms with Crippen molar-refractivity contribution in [3.8, 4) is 11.5 Å². The maximum absolute atomic E-state index is 13.8. The summed E-state index contributed by atoms with van der Waals surface area (Å²) in [5.41, 5.74) is -0.0949. The Hall–Kier alpha value is -4.48. The van der Waals surface area contributed by atoms with Gasteiger partial charge < -0.3 is 37.4 Å². The molecule has 0 spiro atoms. The van der Waals surface area contributed by atoms with Crippen molar-refractivity contribution in [3.05, 3.63) is 159 Å². The average Bonchev–Trinajstić information content (AvgIpc) is 4.00. The summed E-state index contributed by atoms with van der Waals surface area (Å²) in [5.74, 6) is 1.11. The Balaban J connectivity index is 1.22. The van der Waals surface area contributed by atoms with E-state index in [0.717, 1.165) is 34.1 Å². The van der Waals surface area contributed by atoms with E-state index in [1.54, 1.807) is 44.6 Å². The van der Waals surface area contributed by atoms with Crippen LogP contribution in [0.2, 0.25) is 18.1 Å². The fraction of sp³-hybridized carbons (Fsp3) is 0.417. The minimum atomic E-state index is -3.72. The number of nitrogens with one attached hydrogen (secondary N) is 1. The highest BCUT2D eigenvalue weighted by atomic mass is 32.2. The summed E-state index contributed by atoms with van der Waals surface area (Å²) in [6, 6.07) is 34.7. The minimum absolute atomic E-state index is 0.0921. The summed E-state index contributed by atoms with van der Waals surface area (Å²) in [6.45, 7) is 11.2. The van der Waals surface area contributed by atoms with Gasteiger partial charge in [-0.05, 0) is 84.1 Å². The van der Waals surface area contributed by atoms with Crippen molar-refractivity contribution in [2.45, 2.75) is 98.9 Å². The Labute approximate surface area is 382 Å². The molecule has 5 aromatic rings. The highest BCUT2D eigenvalue weighted by molar-refractivity contribution is 7.91. The van der Waals surface area contributed by atoms with Crippen LogP contribution < -0.4 is 20.7 Å². The summed E-state index contributed by atoms with van der Waals surface area (Å²) in [4.78, 5) is 30.4. The molecule has 1 aromatic heterocycles. The number of methoxy groups -OCH3 is 2. The first-order valence-corrected chi connectivity index (χ1v) is 27.6. The second-order valence-corrected chi connectivity index (χ2v) is 26.3. The third-order valence-electron chi connectivity index (χ3n) is 13.1. The maximum atomic E-state index is 13.8. The molecule has 1 N–H and O–H groups in total. The summed E-state index contributed by atoms with van der Waals surface area (Å²) in [7, 11) is -5.12. The van der Waals surface area contributed by atoms with Gasteiger partial charge in [0, 0.05) is 24.8 Å². The van der Waals surface area contributed by atoms with Crippen molar-refractivity contribution in [3.63, 3.8) is 0 Å². The van der Waals surface area contributed by atoms with E-state index >= 15 is 0 Å². The molecule has 0 radical (unpaired) electrons. The van der Waals surface area contributed by atoms with E-state index in [0.29, 0.717) is 18.0 Å². The van der Waals surface area contributed by atoms with Crippen molar-refractivity contribution < 1.29 is 40.8 Å². The molecule has 3 fully saturated rings. The molecule has 0 bridgehead atoms. The van der Waals surface area contributed by atoms with E-state index in [9.17, 15) is 18.0 Å². The van der Waals surface area contributed by atoms with E-state index in [-0.39, 0.29) is 28.3 Å². The van der Waals surface area contributed by atoms with E-state index in [1.807, 2.05) is 78.9 Å². The quantitative estimate of drug-likeness (QED) is 0.0583. The maximum Gasteiger partial charge on any atom is 0.330 e. The van der Waals surface area contributed by atoms with Crippen LogP contribution >= 0.6 is 8.53 Å². The van der Waals surface area contributed by atoms with E-state index in [1.165, 1.54) is 12.3 Å². The summed E-state index contributed by atoms with van der Waals surface area (Å²) >= 11 is 0. The van der Waals surface area contributed by atoms with Crippen molar-refractivity contribution in [1.82, 2.24) is 14.2 Å². The second kappa shape index (κ2) is 19.0. The summed E-state index contributed by atoms with van der Waals surface area (Å²) < 4.78 is 77.2. The molecule has 3 aliphatic rings. The Morgan fingerprint density at radius 1 is 0.785 bits per heavy atom. The highest BCUT2D eigenvalue weighted by Crippen LogP contribution is 2.59. The molecule has 3 saturated heterocycles. The lowest BCUT2D eigenvalue weighted by atomic mass is 9.80. The lowest BCUT2D eigenvalue weighted by molar-refractivity contribution is -0.0950. The molecule has 7 atom stereocenters. The molecule has 0 amide bonds. The zero-order valence-electron chi connectivity index (χ0n) is 37.8. The van der Waals surface area contributed by atoms with Crippen molar-refractivity contribution >= 4 is 26.7 Å². The first kappa shape index (κ1) is 47.0. The molecule has 4 aromatic carbocycles. The number of hydrogen-bond acceptors (Lipinski definition) is 12. The smallest absolute Gasteiger partial charge is 0.330 e. The third-order valence-corrected chi connectivity index (χ3v) is 21.2. The third kappa shape index (κ3) is 9.43. The number of nitrogens with zero attached hydrogens (tertiary/aromatic N) is 2. The van der Waals surface area contributed by atoms with Crippen LogP contribution in [-0.2, 0) is 38.4 Å². The molecule has 8 rings (SSSR count). The van der Waals surface area contributed by atoms with Crippen LogP contribution in [0.15, 0.2) is 136 Å². The predicted octanol–water partition coefficient (Wildman–Crippen LogP) is 7.80. The Morgan fingerprint density at radius 2 is 1.37 bits per heavy atom. The Kier molecular flexibility index (Phi) is 13.8. The van der Waals surface area contributed by atoms with Crippen LogP contribution in [0, 0.1) is 0 Å². The zero-order chi connectivity index (χ0) is 46.1. The fourth-order valence-corrected chi connectivity index (χ4v) is 13.5. The zero-order valence-corrected chi connectivity index (χ0v) is 40.5. The molecule has 14 nitrogen and oxygen atoms in total. The van der Waals surface area contributed by atoms with Crippen LogP contribution in [0.4, 0.5) is 0 Å². The standard InChI is InChI=1S/C48H58N3O11PSSi/c1-47(2,3)65(6,7)62-43-40(31-58-48(33-15-10-8-11-16-33,34-20-24-36(56-4)25-21-34)35-22-26-37(57-5)27-23-35)59-45(51-42(52)28-29-49-46(51)53)44(43)61-63-50-30-14-19-39(50)41(60-63)32-64(54,55)38-17-12-9-13-18-38/h8-13,15-18,20-29,39-41,43-45H,14,19,30-32H2,1-7H3,(H,49,53)/t39-,40+,41+,43+,44+,45+,63-/m0/s1. The molecular formula is C48H58N3O11PSSi. The Morgan fingerprint density at radius 3 is 1.94 bits per heavy atom. The molecule has 0 aliphatic carbocycles. The van der Waals surface area contributed by atoms with Gasteiger partial charge in [0.25, 0.3) is 14.1 Å². The normalized spacial score (nSPS) is 24.0. The monoisotopic (exact) mass is 943 g/mol. The van der Waals surface area contributed by atoms with Crippen LogP contribution in [-0.4, -0.2) is 94.5 Å². The number of fused-ring (bicyclic) bond motifs is 1. The summed E-state index contributed by atoms with van der Waals surface area (Å²) in [6.07, 6.45) is -2.02. The molecule has 346 valence electrons. The number of sulfone groups is 1. The van der Waals surface area contributed by atoms with Gasteiger partial charge in [-0.3, -0.25) is 4.79 Å². The first-order valence-electron chi connectivity index (χ1n) is 21.9. The molecule has 0 saturated carbocycles. The highest BCUT2D eigenvalue weighted by Gasteiger charge is 2.57. The van der Waals surface area contributed by atoms with E-state index in [2.05, 4.69) is 43.5 Å². The predicted molar refractivity (Wildman–Crippen MR) is 250 cm³/mol. The van der Waals surface area contributed by atoms with Gasteiger partial charge in [-0.1, -0.05) is 93.6 Å². The molecule has 17 heteroatoms. The summed E-state index contributed by atoms with van der Waals surface area (Å²) in [5, 5.41) is -0.284. The van der Waals surface area contributed by atoms with E-state index in [4.69, 9.17) is 32.4 Å². The van der Waals surface area contributed by atoms with Gasteiger partial charge in [0.2, 0.25) is 0 Å². The largest absolute Gasteiger partial charge is 0.497 e. The van der Waals surface area contributed by atoms with Gasteiger partial charge in [-0.25, -0.2) is 22.4 Å². The van der Waals surface area contributed by atoms with E-state index < -0.39 is 74.2 Å². The number of hydrogen-bond donors (Lipinski definition) is 1. The van der Waals surface area contributed by atoms with Crippen LogP contribution in [0.3, 0.4) is 0 Å². The topological polar surface area (TPSA) is 157 Å². The number of rotatable bonds is 16. The number of benzene rings is 4. The van der Waals surface area contributed by atoms with Gasteiger partial charge in [0.05, 0.1) is 37.6 Å². The number of ether oxygens (including phenoxy) is 4. The SMILES string of the molecule is COc1ccc(C(OC[C@H]2O[C@@H](n3c(=O)cc[nH]c3=O)[C@H](O[P@]3O[C@H](CS(=O)(=O)c4ccccc4)[C@@H]4CCCN43)[C@@H]2O[Si](C)(C)C(C)(C)C)(c2ccccc2)c2ccc(OC)cc2)cc1. The van der Waals surface area contributed by atoms with Crippen LogP contribution in [0.25, 0.3) is 0 Å². The minimum Gasteiger partial charge on any atom is -0.497 e. The van der Waals surface area contributed by atoms with Gasteiger partial charge in [-0.15, -0.1) is 0 Å². The van der Waals surface area contributed by atoms with Crippen molar-refractivity contribution in [2.75, 3.05) is 33.1 Å². The Bertz CT molecular complexity index is 2550. The van der Waals surface area contributed by atoms with Gasteiger partial charge in [0.1, 0.15) is 35.4 Å². The lowest BCUT2D eigenvalue weighted by Gasteiger charge is -2.41. The van der Waals surface area contributed by atoms with Crippen molar-refractivity contribution in [1.29, 1.82) is 0 Å². The molecule has 4 heterocycles. The van der Waals surface area contributed by atoms with Gasteiger partial charge >= 0.3 is 5.69 Å². The number of aromatic nitrogens is 2. The lowest BCUT2D eigenvalue weighted by Crippen LogP contribution is -2.51. The number of aromatic amines is 1. The average molecular weight is 944 g/mol. The fourth-order valence-electron chi connectivity index (χ4n) is 8.65. The molecule has 0 unspecified atom stereocenters. The van der Waals surface area contributed by atoms with Crippen LogP contribution in [0.5, 0.6) is 11.5 Å². The first-order chi connectivity index (χ1) is 31.1. The van der Waals surface area contributed by atoms with Gasteiger partial charge in [0.15, 0.2) is 24.4 Å². The van der Waals surface area contributed by atoms with Crippen molar-refractivity contribution in [2.24, 2.45) is 0 Å². The molecular weight excluding hydrogens is 886 g/mol. The molecule has 65 heavy (non-hydrogen) atoms. The second-order valence-electron chi connectivity index (χ2n) is 18.1.